The van der Waals surface area contributed by atoms with Crippen molar-refractivity contribution >= 4 is 22.0 Å². The number of nitrogens with one attached hydrogen (secondary N) is 1. The van der Waals surface area contributed by atoms with E-state index in [1.54, 1.807) is 17.3 Å². The highest BCUT2D eigenvalue weighted by Crippen LogP contribution is 2.16. The number of piperidine rings is 1. The molecule has 0 radical (unpaired) electrons. The van der Waals surface area contributed by atoms with Crippen molar-refractivity contribution in [1.29, 1.82) is 0 Å². The minimum atomic E-state index is -0.0743. The van der Waals surface area contributed by atoms with Crippen molar-refractivity contribution in [3.05, 3.63) is 52.8 Å². The highest BCUT2D eigenvalue weighted by molar-refractivity contribution is 9.10. The molecule has 1 aliphatic heterocycles. The second kappa shape index (κ2) is 8.80. The molecule has 2 heterocycles. The predicted molar refractivity (Wildman–Crippen MR) is 98.5 cm³/mol. The number of aromatic nitrogens is 2. The number of hydrogen-bond donors (Lipinski definition) is 1. The summed E-state index contributed by atoms with van der Waals surface area (Å²) in [7, 11) is 0. The van der Waals surface area contributed by atoms with Gasteiger partial charge in [0.15, 0.2) is 0 Å². The van der Waals surface area contributed by atoms with E-state index in [-0.39, 0.29) is 12.1 Å². The van der Waals surface area contributed by atoms with Gasteiger partial charge in [-0.1, -0.05) is 30.3 Å². The first-order valence-electron chi connectivity index (χ1n) is 8.41. The zero-order valence-electron chi connectivity index (χ0n) is 13.9. The average molecular weight is 405 g/mol. The minimum absolute atomic E-state index is 0.0408. The molecule has 1 aliphatic rings. The molecular weight excluding hydrogens is 384 g/mol. The molecule has 1 saturated heterocycles. The summed E-state index contributed by atoms with van der Waals surface area (Å²) in [5, 5.41) is 2.99. The van der Waals surface area contributed by atoms with E-state index in [0.29, 0.717) is 19.1 Å². The van der Waals surface area contributed by atoms with Crippen molar-refractivity contribution in [2.45, 2.75) is 25.4 Å². The van der Waals surface area contributed by atoms with Crippen molar-refractivity contribution in [2.75, 3.05) is 19.6 Å². The number of rotatable bonds is 5. The topological polar surface area (TPSA) is 67.4 Å². The lowest BCUT2D eigenvalue weighted by Gasteiger charge is -2.32. The summed E-state index contributed by atoms with van der Waals surface area (Å²) in [6, 6.07) is 10.4. The Hall–Kier alpha value is -2.15. The third-order valence-electron chi connectivity index (χ3n) is 4.07. The Morgan fingerprint density at radius 3 is 2.80 bits per heavy atom. The molecule has 7 heteroatoms. The zero-order chi connectivity index (χ0) is 17.5. The van der Waals surface area contributed by atoms with Crippen LogP contribution in [0.25, 0.3) is 0 Å². The molecule has 1 unspecified atom stereocenters. The number of carbonyl (C=O) groups is 1. The van der Waals surface area contributed by atoms with Crippen molar-refractivity contribution in [2.24, 2.45) is 0 Å². The quantitative estimate of drug-likeness (QED) is 0.831. The summed E-state index contributed by atoms with van der Waals surface area (Å²) in [6.45, 7) is 1.93. The van der Waals surface area contributed by atoms with Gasteiger partial charge in [0.1, 0.15) is 6.10 Å². The number of hydrogen-bond acceptors (Lipinski definition) is 4. The van der Waals surface area contributed by atoms with Crippen LogP contribution >= 0.6 is 15.9 Å². The van der Waals surface area contributed by atoms with E-state index in [0.717, 1.165) is 30.3 Å². The van der Waals surface area contributed by atoms with Gasteiger partial charge in [0.2, 0.25) is 0 Å². The van der Waals surface area contributed by atoms with Gasteiger partial charge in [-0.05, 0) is 40.8 Å². The van der Waals surface area contributed by atoms with Crippen LogP contribution in [0.3, 0.4) is 0 Å². The van der Waals surface area contributed by atoms with E-state index in [4.69, 9.17) is 4.74 Å². The van der Waals surface area contributed by atoms with E-state index in [2.05, 4.69) is 43.3 Å². The van der Waals surface area contributed by atoms with Gasteiger partial charge < -0.3 is 15.0 Å². The number of benzene rings is 1. The highest BCUT2D eigenvalue weighted by atomic mass is 79.9. The second-order valence-corrected chi connectivity index (χ2v) is 6.90. The Morgan fingerprint density at radius 1 is 1.28 bits per heavy atom. The van der Waals surface area contributed by atoms with E-state index < -0.39 is 0 Å². The summed E-state index contributed by atoms with van der Waals surface area (Å²) in [6.07, 6.45) is 5.86. The summed E-state index contributed by atoms with van der Waals surface area (Å²) >= 11 is 3.30. The van der Waals surface area contributed by atoms with Crippen LogP contribution in [0.5, 0.6) is 6.01 Å². The first-order chi connectivity index (χ1) is 12.2. The van der Waals surface area contributed by atoms with Gasteiger partial charge in [-0.3, -0.25) is 0 Å². The lowest BCUT2D eigenvalue weighted by molar-refractivity contribution is 0.0939. The second-order valence-electron chi connectivity index (χ2n) is 5.98. The Balaban J connectivity index is 1.45. The molecule has 3 rings (SSSR count). The first kappa shape index (κ1) is 17.7. The molecule has 1 atom stereocenters. The number of halogens is 1. The molecule has 1 aromatic heterocycles. The van der Waals surface area contributed by atoms with Gasteiger partial charge in [0, 0.05) is 25.5 Å². The number of nitrogens with zero attached hydrogens (tertiary/aromatic N) is 3. The van der Waals surface area contributed by atoms with Crippen LogP contribution in [0.15, 0.2) is 47.2 Å². The molecule has 2 aromatic rings. The molecule has 1 aromatic carbocycles. The molecule has 0 spiro atoms. The minimum Gasteiger partial charge on any atom is -0.458 e. The SMILES string of the molecule is O=C(NCCc1ccccc1)N1CCCC(Oc2ncc(Br)cn2)C1. The zero-order valence-corrected chi connectivity index (χ0v) is 15.5. The summed E-state index contributed by atoms with van der Waals surface area (Å²) in [5.41, 5.74) is 1.22. The van der Waals surface area contributed by atoms with E-state index in [1.165, 1.54) is 5.56 Å². The van der Waals surface area contributed by atoms with E-state index >= 15 is 0 Å². The highest BCUT2D eigenvalue weighted by Gasteiger charge is 2.25. The fourth-order valence-electron chi connectivity index (χ4n) is 2.80. The summed E-state index contributed by atoms with van der Waals surface area (Å²) in [4.78, 5) is 22.4. The summed E-state index contributed by atoms with van der Waals surface area (Å²) < 4.78 is 6.61. The molecule has 2 amide bonds. The van der Waals surface area contributed by atoms with Gasteiger partial charge in [-0.25, -0.2) is 14.8 Å². The van der Waals surface area contributed by atoms with Crippen molar-refractivity contribution < 1.29 is 9.53 Å². The molecule has 0 aliphatic carbocycles. The van der Waals surface area contributed by atoms with E-state index in [1.807, 2.05) is 18.2 Å². The predicted octanol–water partition coefficient (Wildman–Crippen LogP) is 3.03. The molecule has 1 fully saturated rings. The molecule has 0 bridgehead atoms. The lowest BCUT2D eigenvalue weighted by Crippen LogP contribution is -2.49. The van der Waals surface area contributed by atoms with Crippen molar-refractivity contribution in [3.63, 3.8) is 0 Å². The first-order valence-corrected chi connectivity index (χ1v) is 9.21. The molecule has 6 nitrogen and oxygen atoms in total. The largest absolute Gasteiger partial charge is 0.458 e. The number of amides is 2. The van der Waals surface area contributed by atoms with Crippen LogP contribution in [-0.4, -0.2) is 46.6 Å². The van der Waals surface area contributed by atoms with Gasteiger partial charge >= 0.3 is 12.0 Å². The normalized spacial score (nSPS) is 17.2. The molecule has 132 valence electrons. The Bertz CT molecular complexity index is 681. The molecular formula is C18H21BrN4O2. The lowest BCUT2D eigenvalue weighted by atomic mass is 10.1. The smallest absolute Gasteiger partial charge is 0.317 e. The molecule has 25 heavy (non-hydrogen) atoms. The Morgan fingerprint density at radius 2 is 2.04 bits per heavy atom. The third-order valence-corrected chi connectivity index (χ3v) is 4.48. The van der Waals surface area contributed by atoms with Crippen LogP contribution in [0.1, 0.15) is 18.4 Å². The van der Waals surface area contributed by atoms with Crippen molar-refractivity contribution in [3.8, 4) is 6.01 Å². The third kappa shape index (κ3) is 5.42. The maximum Gasteiger partial charge on any atom is 0.317 e. The maximum absolute atomic E-state index is 12.4. The standard InChI is InChI=1S/C18H21BrN4O2/c19-15-11-21-17(22-12-15)25-16-7-4-10-23(13-16)18(24)20-9-8-14-5-2-1-3-6-14/h1-3,5-6,11-12,16H,4,7-10,13H2,(H,20,24). The Kier molecular flexibility index (Phi) is 6.22. The van der Waals surface area contributed by atoms with Gasteiger partial charge in [0.25, 0.3) is 0 Å². The van der Waals surface area contributed by atoms with Crippen LogP contribution in [0, 0.1) is 0 Å². The number of ether oxygens (including phenoxy) is 1. The van der Waals surface area contributed by atoms with Crippen LogP contribution in [-0.2, 0) is 6.42 Å². The van der Waals surface area contributed by atoms with Crippen LogP contribution < -0.4 is 10.1 Å². The Labute approximate surface area is 155 Å². The number of urea groups is 1. The van der Waals surface area contributed by atoms with E-state index in [9.17, 15) is 4.79 Å². The number of likely N-dealkylation sites (tertiary alicyclic amines) is 1. The summed E-state index contributed by atoms with van der Waals surface area (Å²) in [5.74, 6) is 0. The van der Waals surface area contributed by atoms with Gasteiger partial charge in [-0.15, -0.1) is 0 Å². The fraction of sp³-hybridized carbons (Fsp3) is 0.389. The number of carbonyl (C=O) groups excluding carboxylic acids is 1. The van der Waals surface area contributed by atoms with Gasteiger partial charge in [0.05, 0.1) is 11.0 Å². The molecule has 1 N–H and O–H groups in total. The van der Waals surface area contributed by atoms with Crippen molar-refractivity contribution in [1.82, 2.24) is 20.2 Å². The fourth-order valence-corrected chi connectivity index (χ4v) is 3.00. The monoisotopic (exact) mass is 404 g/mol. The average Bonchev–Trinajstić information content (AvgIpc) is 2.65. The molecule has 0 saturated carbocycles. The maximum atomic E-state index is 12.4. The van der Waals surface area contributed by atoms with Gasteiger partial charge in [-0.2, -0.15) is 0 Å². The van der Waals surface area contributed by atoms with Crippen LogP contribution in [0.2, 0.25) is 0 Å². The van der Waals surface area contributed by atoms with Crippen LogP contribution in [0.4, 0.5) is 4.79 Å².